The van der Waals surface area contributed by atoms with Crippen LogP contribution in [0.4, 0.5) is 0 Å². The maximum absolute atomic E-state index is 12.6. The highest BCUT2D eigenvalue weighted by molar-refractivity contribution is 5.94. The molecule has 1 N–H and O–H groups in total. The number of carbonyl (C=O) groups excluding carboxylic acids is 1. The number of nitrogens with zero attached hydrogens (tertiary/aromatic N) is 2. The van der Waals surface area contributed by atoms with Crippen molar-refractivity contribution < 1.29 is 4.79 Å². The Morgan fingerprint density at radius 1 is 1.04 bits per heavy atom. The van der Waals surface area contributed by atoms with Crippen molar-refractivity contribution in [3.05, 3.63) is 78.1 Å². The minimum absolute atomic E-state index is 0.137. The first-order valence-electron chi connectivity index (χ1n) is 9.66. The van der Waals surface area contributed by atoms with Crippen molar-refractivity contribution in [1.29, 1.82) is 0 Å². The Morgan fingerprint density at radius 3 is 2.44 bits per heavy atom. The fraction of sp³-hybridized carbons (Fsp3) is 0.304. The number of aromatic nitrogens is 1. The minimum Gasteiger partial charge on any atom is -0.339 e. The lowest BCUT2D eigenvalue weighted by Gasteiger charge is -2.34. The fourth-order valence-electron chi connectivity index (χ4n) is 3.79. The van der Waals surface area contributed by atoms with Gasteiger partial charge in [-0.25, -0.2) is 0 Å². The highest BCUT2D eigenvalue weighted by Gasteiger charge is 2.24. The maximum Gasteiger partial charge on any atom is 0.253 e. The van der Waals surface area contributed by atoms with Gasteiger partial charge in [-0.3, -0.25) is 9.78 Å². The molecule has 4 rings (SSSR count). The quantitative estimate of drug-likeness (QED) is 0.760. The van der Waals surface area contributed by atoms with Gasteiger partial charge in [0.25, 0.3) is 5.91 Å². The first-order valence-corrected chi connectivity index (χ1v) is 9.66. The van der Waals surface area contributed by atoms with Crippen LogP contribution in [0.2, 0.25) is 0 Å². The molecule has 1 aliphatic rings. The zero-order chi connectivity index (χ0) is 18.6. The van der Waals surface area contributed by atoms with Crippen molar-refractivity contribution in [3.8, 4) is 0 Å². The highest BCUT2D eigenvalue weighted by atomic mass is 16.2. The van der Waals surface area contributed by atoms with Gasteiger partial charge in [0.2, 0.25) is 0 Å². The molecule has 4 heteroatoms. The van der Waals surface area contributed by atoms with Gasteiger partial charge in [-0.05, 0) is 43.4 Å². The van der Waals surface area contributed by atoms with Crippen molar-refractivity contribution >= 4 is 16.7 Å². The number of fused-ring (bicyclic) bond motifs is 1. The molecule has 0 radical (unpaired) electrons. The van der Waals surface area contributed by atoms with Crippen molar-refractivity contribution in [2.24, 2.45) is 0 Å². The third-order valence-corrected chi connectivity index (χ3v) is 5.38. The molecule has 0 saturated carbocycles. The van der Waals surface area contributed by atoms with Crippen molar-refractivity contribution in [1.82, 2.24) is 15.2 Å². The molecule has 2 aromatic carbocycles. The summed E-state index contributed by atoms with van der Waals surface area (Å²) in [6, 6.07) is 20.6. The van der Waals surface area contributed by atoms with E-state index >= 15 is 0 Å². The van der Waals surface area contributed by atoms with E-state index in [1.807, 2.05) is 47.5 Å². The van der Waals surface area contributed by atoms with Gasteiger partial charge in [0.05, 0.1) is 5.69 Å². The SMILES string of the molecule is CC(NC1CCN(C(=O)c2ccccc2)CC1)c1cc2ccccc2cn1. The molecule has 1 aliphatic heterocycles. The summed E-state index contributed by atoms with van der Waals surface area (Å²) in [6.07, 6.45) is 3.89. The third kappa shape index (κ3) is 4.01. The molecule has 1 atom stereocenters. The van der Waals surface area contributed by atoms with Gasteiger partial charge >= 0.3 is 0 Å². The van der Waals surface area contributed by atoms with Crippen LogP contribution in [0.5, 0.6) is 0 Å². The number of carbonyl (C=O) groups is 1. The van der Waals surface area contributed by atoms with Crippen molar-refractivity contribution in [3.63, 3.8) is 0 Å². The van der Waals surface area contributed by atoms with Crippen molar-refractivity contribution in [2.45, 2.75) is 31.8 Å². The van der Waals surface area contributed by atoms with E-state index in [0.29, 0.717) is 6.04 Å². The molecule has 0 spiro atoms. The molecule has 4 nitrogen and oxygen atoms in total. The highest BCUT2D eigenvalue weighted by Crippen LogP contribution is 2.20. The van der Waals surface area contributed by atoms with E-state index in [1.54, 1.807) is 0 Å². The van der Waals surface area contributed by atoms with Crippen LogP contribution in [-0.2, 0) is 0 Å². The van der Waals surface area contributed by atoms with Gasteiger partial charge in [-0.1, -0.05) is 42.5 Å². The van der Waals surface area contributed by atoms with Gasteiger partial charge < -0.3 is 10.2 Å². The molecule has 1 fully saturated rings. The van der Waals surface area contributed by atoms with E-state index in [-0.39, 0.29) is 11.9 Å². The number of amides is 1. The van der Waals surface area contributed by atoms with Gasteiger partial charge in [-0.15, -0.1) is 0 Å². The van der Waals surface area contributed by atoms with Gasteiger partial charge in [0.1, 0.15) is 0 Å². The molecule has 27 heavy (non-hydrogen) atoms. The Balaban J connectivity index is 1.35. The monoisotopic (exact) mass is 359 g/mol. The number of likely N-dealkylation sites (tertiary alicyclic amines) is 1. The zero-order valence-corrected chi connectivity index (χ0v) is 15.6. The second-order valence-electron chi connectivity index (χ2n) is 7.28. The lowest BCUT2D eigenvalue weighted by molar-refractivity contribution is 0.0702. The Bertz CT molecular complexity index is 917. The lowest BCUT2D eigenvalue weighted by atomic mass is 10.0. The molecule has 1 aromatic heterocycles. The number of piperidine rings is 1. The van der Waals surface area contributed by atoms with Gasteiger partial charge in [0, 0.05) is 42.3 Å². The number of benzene rings is 2. The predicted octanol–water partition coefficient (Wildman–Crippen LogP) is 4.19. The molecule has 0 bridgehead atoms. The Morgan fingerprint density at radius 2 is 1.70 bits per heavy atom. The van der Waals surface area contributed by atoms with E-state index in [4.69, 9.17) is 0 Å². The predicted molar refractivity (Wildman–Crippen MR) is 109 cm³/mol. The third-order valence-electron chi connectivity index (χ3n) is 5.38. The van der Waals surface area contributed by atoms with Crippen LogP contribution in [0.1, 0.15) is 41.9 Å². The van der Waals surface area contributed by atoms with E-state index < -0.39 is 0 Å². The van der Waals surface area contributed by atoms with E-state index in [9.17, 15) is 4.79 Å². The summed E-state index contributed by atoms with van der Waals surface area (Å²) in [7, 11) is 0. The minimum atomic E-state index is 0.137. The Hall–Kier alpha value is -2.72. The van der Waals surface area contributed by atoms with Crippen LogP contribution in [0.15, 0.2) is 66.9 Å². The van der Waals surface area contributed by atoms with Crippen molar-refractivity contribution in [2.75, 3.05) is 13.1 Å². The second kappa shape index (κ2) is 7.89. The smallest absolute Gasteiger partial charge is 0.253 e. The number of hydrogen-bond acceptors (Lipinski definition) is 3. The number of nitrogens with one attached hydrogen (secondary N) is 1. The van der Waals surface area contributed by atoms with Crippen LogP contribution >= 0.6 is 0 Å². The topological polar surface area (TPSA) is 45.2 Å². The summed E-state index contributed by atoms with van der Waals surface area (Å²) in [6.45, 7) is 3.76. The molecule has 2 heterocycles. The maximum atomic E-state index is 12.6. The summed E-state index contributed by atoms with van der Waals surface area (Å²) in [5, 5.41) is 6.09. The summed E-state index contributed by atoms with van der Waals surface area (Å²) in [5.41, 5.74) is 1.84. The number of hydrogen-bond donors (Lipinski definition) is 1. The standard InChI is InChI=1S/C23H25N3O/c1-17(22-15-19-9-5-6-10-20(19)16-24-22)25-21-11-13-26(14-12-21)23(27)18-7-3-2-4-8-18/h2-10,15-17,21,25H,11-14H2,1H3. The van der Waals surface area contributed by atoms with Crippen LogP contribution in [0, 0.1) is 0 Å². The average molecular weight is 359 g/mol. The average Bonchev–Trinajstić information content (AvgIpc) is 2.74. The summed E-state index contributed by atoms with van der Waals surface area (Å²) >= 11 is 0. The number of pyridine rings is 1. The van der Waals surface area contributed by atoms with E-state index in [1.165, 1.54) is 10.8 Å². The Labute approximate surface area is 160 Å². The van der Waals surface area contributed by atoms with E-state index in [2.05, 4.69) is 41.5 Å². The normalized spacial score (nSPS) is 16.4. The first-order chi connectivity index (χ1) is 13.2. The summed E-state index contributed by atoms with van der Waals surface area (Å²) in [5.74, 6) is 0.137. The summed E-state index contributed by atoms with van der Waals surface area (Å²) < 4.78 is 0. The van der Waals surface area contributed by atoms with Gasteiger partial charge in [0.15, 0.2) is 0 Å². The van der Waals surface area contributed by atoms with Crippen LogP contribution in [-0.4, -0.2) is 34.9 Å². The Kier molecular flexibility index (Phi) is 5.16. The molecular weight excluding hydrogens is 334 g/mol. The molecule has 1 unspecified atom stereocenters. The molecule has 1 amide bonds. The van der Waals surface area contributed by atoms with Crippen LogP contribution in [0.25, 0.3) is 10.8 Å². The van der Waals surface area contributed by atoms with E-state index in [0.717, 1.165) is 37.2 Å². The molecule has 1 saturated heterocycles. The zero-order valence-electron chi connectivity index (χ0n) is 15.6. The fourth-order valence-corrected chi connectivity index (χ4v) is 3.79. The molecule has 3 aromatic rings. The lowest BCUT2D eigenvalue weighted by Crippen LogP contribution is -2.45. The largest absolute Gasteiger partial charge is 0.339 e. The molecular formula is C23H25N3O. The summed E-state index contributed by atoms with van der Waals surface area (Å²) in [4.78, 5) is 19.2. The first kappa shape index (κ1) is 17.7. The molecule has 138 valence electrons. The van der Waals surface area contributed by atoms with Gasteiger partial charge in [-0.2, -0.15) is 0 Å². The van der Waals surface area contributed by atoms with Crippen LogP contribution in [0.3, 0.4) is 0 Å². The number of rotatable bonds is 4. The van der Waals surface area contributed by atoms with Crippen LogP contribution < -0.4 is 5.32 Å². The second-order valence-corrected chi connectivity index (χ2v) is 7.28. The molecule has 0 aliphatic carbocycles.